The minimum Gasteiger partial charge on any atom is -0.496 e. The Labute approximate surface area is 151 Å². The molecule has 0 aromatic heterocycles. The average Bonchev–Trinajstić information content (AvgIpc) is 3.29. The van der Waals surface area contributed by atoms with Gasteiger partial charge in [-0.05, 0) is 49.8 Å². The first-order chi connectivity index (χ1) is 11.5. The van der Waals surface area contributed by atoms with E-state index in [0.29, 0.717) is 12.1 Å². The van der Waals surface area contributed by atoms with Gasteiger partial charge in [-0.25, -0.2) is 0 Å². The van der Waals surface area contributed by atoms with Crippen LogP contribution in [-0.4, -0.2) is 48.3 Å². The summed E-state index contributed by atoms with van der Waals surface area (Å²) >= 11 is 3.50. The maximum atomic E-state index is 11.1. The largest absolute Gasteiger partial charge is 0.496 e. The molecule has 0 atom stereocenters. The molecular weight excluding hydrogens is 372 g/mol. The lowest BCUT2D eigenvalue weighted by Gasteiger charge is -2.43. The van der Waals surface area contributed by atoms with Crippen LogP contribution >= 0.6 is 15.9 Å². The molecule has 3 rings (SSSR count). The van der Waals surface area contributed by atoms with Crippen molar-refractivity contribution in [3.05, 3.63) is 28.2 Å². The van der Waals surface area contributed by atoms with E-state index < -0.39 is 5.97 Å². The lowest BCUT2D eigenvalue weighted by Crippen LogP contribution is -2.54. The van der Waals surface area contributed by atoms with E-state index in [9.17, 15) is 4.79 Å². The number of ether oxygens (including phenoxy) is 1. The molecule has 5 nitrogen and oxygen atoms in total. The molecule has 1 aromatic carbocycles. The van der Waals surface area contributed by atoms with E-state index in [1.54, 1.807) is 7.11 Å². The number of carboxylic acids is 1. The number of halogens is 1. The number of nitrogens with zero attached hydrogens (tertiary/aromatic N) is 1. The first kappa shape index (κ1) is 17.7. The highest BCUT2D eigenvalue weighted by Gasteiger charge is 2.36. The second-order valence-electron chi connectivity index (χ2n) is 6.93. The molecular formula is C18H25BrN2O3. The molecule has 2 aliphatic rings. The molecule has 0 aliphatic heterocycles. The highest BCUT2D eigenvalue weighted by Crippen LogP contribution is 2.34. The molecule has 0 unspecified atom stereocenters. The van der Waals surface area contributed by atoms with Gasteiger partial charge in [0.15, 0.2) is 0 Å². The van der Waals surface area contributed by atoms with Crippen molar-refractivity contribution in [1.82, 2.24) is 10.2 Å². The van der Waals surface area contributed by atoms with Crippen molar-refractivity contribution < 1.29 is 14.6 Å². The fraction of sp³-hybridized carbons (Fsp3) is 0.611. The summed E-state index contributed by atoms with van der Waals surface area (Å²) in [6.07, 6.45) is 4.56. The smallest absolute Gasteiger partial charge is 0.317 e. The molecule has 2 N–H and O–H groups in total. The summed E-state index contributed by atoms with van der Waals surface area (Å²) in [5.74, 6) is 0.899. The summed E-state index contributed by atoms with van der Waals surface area (Å²) in [4.78, 5) is 13.2. The zero-order chi connectivity index (χ0) is 17.1. The van der Waals surface area contributed by atoms with E-state index in [0.717, 1.165) is 47.6 Å². The molecule has 6 heteroatoms. The van der Waals surface area contributed by atoms with E-state index >= 15 is 0 Å². The molecule has 0 bridgehead atoms. The maximum absolute atomic E-state index is 11.1. The number of hydrogen-bond donors (Lipinski definition) is 2. The third-order valence-electron chi connectivity index (χ3n) is 4.98. The number of carboxylic acid groups (broad SMARTS) is 1. The Balaban J connectivity index is 1.47. The molecule has 1 aromatic rings. The van der Waals surface area contributed by atoms with Gasteiger partial charge in [0.2, 0.25) is 0 Å². The van der Waals surface area contributed by atoms with Gasteiger partial charge in [-0.15, -0.1) is 0 Å². The van der Waals surface area contributed by atoms with Gasteiger partial charge in [0.25, 0.3) is 0 Å². The van der Waals surface area contributed by atoms with E-state index in [1.165, 1.54) is 12.8 Å². The van der Waals surface area contributed by atoms with Crippen molar-refractivity contribution in [2.24, 2.45) is 5.92 Å². The number of methoxy groups -OCH3 is 1. The average molecular weight is 397 g/mol. The van der Waals surface area contributed by atoms with Crippen LogP contribution in [0.25, 0.3) is 0 Å². The second kappa shape index (κ2) is 7.85. The topological polar surface area (TPSA) is 61.8 Å². The summed E-state index contributed by atoms with van der Waals surface area (Å²) in [5, 5.41) is 12.7. The van der Waals surface area contributed by atoms with Crippen molar-refractivity contribution in [2.75, 3.05) is 20.2 Å². The molecule has 24 heavy (non-hydrogen) atoms. The van der Waals surface area contributed by atoms with Crippen molar-refractivity contribution in [3.63, 3.8) is 0 Å². The van der Waals surface area contributed by atoms with Gasteiger partial charge in [-0.1, -0.05) is 15.9 Å². The minimum atomic E-state index is -0.717. The van der Waals surface area contributed by atoms with Crippen molar-refractivity contribution in [2.45, 2.75) is 44.3 Å². The fourth-order valence-electron chi connectivity index (χ4n) is 3.34. The van der Waals surface area contributed by atoms with E-state index in [4.69, 9.17) is 9.84 Å². The standard InChI is InChI=1S/C18H25BrN2O3/c1-24-17-5-4-14(19)6-13(17)9-20-15-7-16(8-15)21(11-18(22)23)10-12-2-3-12/h4-6,12,15-16,20H,2-3,7-11H2,1H3,(H,22,23). The quantitative estimate of drug-likeness (QED) is 0.671. The van der Waals surface area contributed by atoms with Gasteiger partial charge >= 0.3 is 5.97 Å². The van der Waals surface area contributed by atoms with Gasteiger partial charge in [0.05, 0.1) is 13.7 Å². The molecule has 0 amide bonds. The monoisotopic (exact) mass is 396 g/mol. The lowest BCUT2D eigenvalue weighted by molar-refractivity contribution is -0.139. The first-order valence-electron chi connectivity index (χ1n) is 8.56. The highest BCUT2D eigenvalue weighted by atomic mass is 79.9. The molecule has 2 fully saturated rings. The predicted octanol–water partition coefficient (Wildman–Crippen LogP) is 2.87. The molecule has 2 aliphatic carbocycles. The second-order valence-corrected chi connectivity index (χ2v) is 7.84. The van der Waals surface area contributed by atoms with Crippen LogP contribution in [0.4, 0.5) is 0 Å². The van der Waals surface area contributed by atoms with Crippen molar-refractivity contribution in [1.29, 1.82) is 0 Å². The van der Waals surface area contributed by atoms with Crippen LogP contribution in [0, 0.1) is 5.92 Å². The first-order valence-corrected chi connectivity index (χ1v) is 9.36. The highest BCUT2D eigenvalue weighted by molar-refractivity contribution is 9.10. The number of benzene rings is 1. The summed E-state index contributed by atoms with van der Waals surface area (Å²) in [6.45, 7) is 1.89. The number of aliphatic carboxylic acids is 1. The third-order valence-corrected chi connectivity index (χ3v) is 5.47. The molecule has 0 spiro atoms. The van der Waals surface area contributed by atoms with Crippen LogP contribution in [0.5, 0.6) is 5.75 Å². The Bertz CT molecular complexity index is 586. The molecule has 2 saturated carbocycles. The van der Waals surface area contributed by atoms with Crippen LogP contribution in [0.15, 0.2) is 22.7 Å². The Hall–Kier alpha value is -1.11. The fourth-order valence-corrected chi connectivity index (χ4v) is 3.75. The predicted molar refractivity (Wildman–Crippen MR) is 96.3 cm³/mol. The van der Waals surface area contributed by atoms with Gasteiger partial charge < -0.3 is 15.2 Å². The van der Waals surface area contributed by atoms with Crippen molar-refractivity contribution in [3.8, 4) is 5.75 Å². The van der Waals surface area contributed by atoms with E-state index in [-0.39, 0.29) is 6.54 Å². The Kier molecular flexibility index (Phi) is 5.79. The van der Waals surface area contributed by atoms with Gasteiger partial charge in [0, 0.05) is 35.2 Å². The van der Waals surface area contributed by atoms with E-state index in [2.05, 4.69) is 32.2 Å². The van der Waals surface area contributed by atoms with Crippen LogP contribution in [-0.2, 0) is 11.3 Å². The molecule has 132 valence electrons. The van der Waals surface area contributed by atoms with Gasteiger partial charge in [-0.2, -0.15) is 0 Å². The summed E-state index contributed by atoms with van der Waals surface area (Å²) in [5.41, 5.74) is 1.13. The third kappa shape index (κ3) is 4.71. The van der Waals surface area contributed by atoms with Crippen LogP contribution < -0.4 is 10.1 Å². The SMILES string of the molecule is COc1ccc(Br)cc1CNC1CC(N(CC(=O)O)CC2CC2)C1. The molecule has 0 saturated heterocycles. The number of carbonyl (C=O) groups is 1. The van der Waals surface area contributed by atoms with E-state index in [1.807, 2.05) is 12.1 Å². The zero-order valence-electron chi connectivity index (χ0n) is 14.0. The molecule has 0 heterocycles. The van der Waals surface area contributed by atoms with Crippen LogP contribution in [0.3, 0.4) is 0 Å². The number of nitrogens with one attached hydrogen (secondary N) is 1. The normalized spacial score (nSPS) is 23.1. The summed E-state index contributed by atoms with van der Waals surface area (Å²) < 4.78 is 6.45. The number of hydrogen-bond acceptors (Lipinski definition) is 4. The van der Waals surface area contributed by atoms with Crippen LogP contribution in [0.1, 0.15) is 31.2 Å². The lowest BCUT2D eigenvalue weighted by atomic mass is 9.85. The number of rotatable bonds is 9. The molecule has 0 radical (unpaired) electrons. The maximum Gasteiger partial charge on any atom is 0.317 e. The van der Waals surface area contributed by atoms with Crippen molar-refractivity contribution >= 4 is 21.9 Å². The van der Waals surface area contributed by atoms with Gasteiger partial charge in [0.1, 0.15) is 5.75 Å². The zero-order valence-corrected chi connectivity index (χ0v) is 15.6. The Morgan fingerprint density at radius 3 is 2.79 bits per heavy atom. The Morgan fingerprint density at radius 1 is 1.42 bits per heavy atom. The van der Waals surface area contributed by atoms with Gasteiger partial charge in [-0.3, -0.25) is 9.69 Å². The minimum absolute atomic E-state index is 0.174. The van der Waals surface area contributed by atoms with Crippen LogP contribution in [0.2, 0.25) is 0 Å². The summed E-state index contributed by atoms with van der Waals surface area (Å²) in [6, 6.07) is 6.88. The summed E-state index contributed by atoms with van der Waals surface area (Å²) in [7, 11) is 1.69. The Morgan fingerprint density at radius 2 is 2.17 bits per heavy atom.